The first-order chi connectivity index (χ1) is 18.5. The molecule has 1 aliphatic rings. The zero-order valence-electron chi connectivity index (χ0n) is 20.8. The number of alkyl halides is 3. The molecule has 39 heavy (non-hydrogen) atoms. The first-order valence-electron chi connectivity index (χ1n) is 11.5. The van der Waals surface area contributed by atoms with Crippen LogP contribution in [0.4, 0.5) is 24.8 Å². The Balaban J connectivity index is 1.78. The molecule has 208 valence electrons. The Labute approximate surface area is 231 Å². The number of ether oxygens (including phenoxy) is 3. The smallest absolute Gasteiger partial charge is 0.405 e. The van der Waals surface area contributed by atoms with Gasteiger partial charge in [0.15, 0.2) is 0 Å². The number of methoxy groups -OCH3 is 2. The summed E-state index contributed by atoms with van der Waals surface area (Å²) in [5, 5.41) is 9.34. The van der Waals surface area contributed by atoms with Crippen molar-refractivity contribution in [1.82, 2.24) is 15.3 Å². The molecule has 2 aromatic heterocycles. The van der Waals surface area contributed by atoms with E-state index < -0.39 is 12.7 Å². The second-order valence-electron chi connectivity index (χ2n) is 8.51. The predicted molar refractivity (Wildman–Crippen MR) is 143 cm³/mol. The molecule has 0 aliphatic carbocycles. The number of fused-ring (bicyclic) bond motifs is 1. The van der Waals surface area contributed by atoms with Gasteiger partial charge in [-0.15, -0.1) is 0 Å². The second kappa shape index (κ2) is 11.7. The molecule has 2 atom stereocenters. The highest BCUT2D eigenvalue weighted by molar-refractivity contribution is 6.41. The first kappa shape index (κ1) is 28.5. The third kappa shape index (κ3) is 6.40. The fourth-order valence-corrected chi connectivity index (χ4v) is 4.75. The van der Waals surface area contributed by atoms with E-state index in [0.29, 0.717) is 16.6 Å². The Morgan fingerprint density at radius 2 is 1.82 bits per heavy atom. The van der Waals surface area contributed by atoms with E-state index in [4.69, 9.17) is 37.4 Å². The molecule has 14 heteroatoms. The largest absolute Gasteiger partial charge is 0.495 e. The number of benzene rings is 1. The monoisotopic (exact) mass is 585 g/mol. The molecule has 1 saturated heterocycles. The van der Waals surface area contributed by atoms with Gasteiger partial charge in [0, 0.05) is 28.6 Å². The van der Waals surface area contributed by atoms with Crippen LogP contribution in [0.3, 0.4) is 0 Å². The molecular weight excluding hydrogens is 562 g/mol. The lowest BCUT2D eigenvalue weighted by molar-refractivity contribution is -0.117. The molecule has 0 saturated carbocycles. The van der Waals surface area contributed by atoms with Crippen LogP contribution >= 0.6 is 23.2 Å². The van der Waals surface area contributed by atoms with Crippen molar-refractivity contribution in [3.8, 4) is 22.8 Å². The minimum Gasteiger partial charge on any atom is -0.495 e. The Bertz CT molecular complexity index is 1380. The number of aromatic nitrogens is 2. The molecule has 3 aromatic rings. The fourth-order valence-electron chi connectivity index (χ4n) is 4.05. The highest BCUT2D eigenvalue weighted by Gasteiger charge is 2.30. The number of hydrogen-bond donors (Lipinski definition) is 3. The third-order valence-corrected chi connectivity index (χ3v) is 6.68. The number of rotatable bonds is 9. The number of nitrogens with one attached hydrogen (secondary N) is 3. The molecule has 0 spiro atoms. The summed E-state index contributed by atoms with van der Waals surface area (Å²) < 4.78 is 55.6. The molecule has 3 heterocycles. The lowest BCUT2D eigenvalue weighted by atomic mass is 10.1. The van der Waals surface area contributed by atoms with Crippen LogP contribution in [0.1, 0.15) is 0 Å². The van der Waals surface area contributed by atoms with Gasteiger partial charge in [-0.2, -0.15) is 13.2 Å². The van der Waals surface area contributed by atoms with E-state index in [1.54, 1.807) is 12.1 Å². The van der Waals surface area contributed by atoms with Gasteiger partial charge < -0.3 is 30.2 Å². The number of nitrogens with zero attached hydrogens (tertiary/aromatic N) is 2. The summed E-state index contributed by atoms with van der Waals surface area (Å²) in [7, 11) is 2.81. The van der Waals surface area contributed by atoms with Crippen LogP contribution in [0.25, 0.3) is 22.0 Å². The van der Waals surface area contributed by atoms with Crippen LogP contribution in [0, 0.1) is 0 Å². The topological polar surface area (TPSA) is 107 Å². The number of carbonyl (C=O) groups is 1. The lowest BCUT2D eigenvalue weighted by Crippen LogP contribution is -2.45. The zero-order chi connectivity index (χ0) is 28.3. The second-order valence-corrected chi connectivity index (χ2v) is 9.26. The van der Waals surface area contributed by atoms with Gasteiger partial charge in [0.2, 0.25) is 5.91 Å². The van der Waals surface area contributed by atoms with Crippen molar-refractivity contribution in [2.24, 2.45) is 0 Å². The number of anilines is 2. The molecule has 9 nitrogen and oxygen atoms in total. The van der Waals surface area contributed by atoms with Crippen molar-refractivity contribution in [1.29, 1.82) is 0 Å². The molecule has 4 rings (SSSR count). The van der Waals surface area contributed by atoms with Crippen LogP contribution in [0.15, 0.2) is 37.1 Å². The summed E-state index contributed by atoms with van der Waals surface area (Å²) in [5.41, 5.74) is 0.399. The summed E-state index contributed by atoms with van der Waals surface area (Å²) >= 11 is 13.1. The maximum Gasteiger partial charge on any atom is 0.405 e. The summed E-state index contributed by atoms with van der Waals surface area (Å²) in [4.78, 5) is 20.6. The van der Waals surface area contributed by atoms with Gasteiger partial charge in [0.25, 0.3) is 0 Å². The van der Waals surface area contributed by atoms with E-state index in [1.165, 1.54) is 26.5 Å². The molecule has 1 fully saturated rings. The SMILES string of the molecule is C=CC(=O)N[C@H]1COC[C@H]1Nc1cc2c(NCC(F)(F)F)nc(-c3c(Cl)c(OC)cc(OC)c3Cl)cc2cn1. The van der Waals surface area contributed by atoms with Gasteiger partial charge in [-0.1, -0.05) is 29.8 Å². The van der Waals surface area contributed by atoms with E-state index >= 15 is 0 Å². The number of amides is 1. The normalized spacial score (nSPS) is 17.1. The molecule has 0 bridgehead atoms. The van der Waals surface area contributed by atoms with E-state index in [9.17, 15) is 18.0 Å². The number of pyridine rings is 2. The van der Waals surface area contributed by atoms with Crippen LogP contribution in [-0.2, 0) is 9.53 Å². The number of halogens is 5. The maximum absolute atomic E-state index is 13.2. The van der Waals surface area contributed by atoms with Crippen molar-refractivity contribution in [2.45, 2.75) is 18.3 Å². The van der Waals surface area contributed by atoms with Gasteiger partial charge in [0.1, 0.15) is 29.7 Å². The Morgan fingerprint density at radius 3 is 2.44 bits per heavy atom. The number of carbonyl (C=O) groups excluding carboxylic acids is 1. The van der Waals surface area contributed by atoms with Crippen molar-refractivity contribution < 1.29 is 32.2 Å². The third-order valence-electron chi connectivity index (χ3n) is 5.93. The van der Waals surface area contributed by atoms with E-state index in [0.717, 1.165) is 6.08 Å². The van der Waals surface area contributed by atoms with Gasteiger partial charge >= 0.3 is 6.18 Å². The fraction of sp³-hybridized carbons (Fsp3) is 0.320. The molecule has 0 unspecified atom stereocenters. The van der Waals surface area contributed by atoms with Crippen LogP contribution in [0.2, 0.25) is 10.0 Å². The average molecular weight is 586 g/mol. The summed E-state index contributed by atoms with van der Waals surface area (Å²) in [5.74, 6) is 0.409. The van der Waals surface area contributed by atoms with Gasteiger partial charge in [0.05, 0.1) is 55.3 Å². The van der Waals surface area contributed by atoms with Gasteiger partial charge in [-0.05, 0) is 18.2 Å². The Morgan fingerprint density at radius 1 is 1.15 bits per heavy atom. The minimum absolute atomic E-state index is 0.0709. The van der Waals surface area contributed by atoms with Crippen molar-refractivity contribution in [3.63, 3.8) is 0 Å². The number of hydrogen-bond acceptors (Lipinski definition) is 8. The summed E-state index contributed by atoms with van der Waals surface area (Å²) in [6.07, 6.45) is -1.87. The standard InChI is InChI=1S/C25H24Cl2F3N5O4/c1-4-20(36)34-16-10-39-9-15(16)33-19-6-13-12(8-31-19)5-14(35-24(13)32-11-25(28,29)30)21-22(26)17(37-2)7-18(38-3)23(21)27/h4-8,15-16H,1,9-11H2,2-3H3,(H,31,33)(H,32,35)(H,34,36)/t15-,16+/m1/s1. The molecule has 3 N–H and O–H groups in total. The highest BCUT2D eigenvalue weighted by Crippen LogP contribution is 2.46. The van der Waals surface area contributed by atoms with Crippen molar-refractivity contribution in [3.05, 3.63) is 47.1 Å². The van der Waals surface area contributed by atoms with E-state index in [-0.39, 0.29) is 69.8 Å². The van der Waals surface area contributed by atoms with Gasteiger partial charge in [-0.3, -0.25) is 4.79 Å². The lowest BCUT2D eigenvalue weighted by Gasteiger charge is -2.21. The van der Waals surface area contributed by atoms with Crippen LogP contribution < -0.4 is 25.4 Å². The molecular formula is C25H24Cl2F3N5O4. The molecule has 1 amide bonds. The first-order valence-corrected chi connectivity index (χ1v) is 12.3. The van der Waals surface area contributed by atoms with Crippen LogP contribution in [0.5, 0.6) is 11.5 Å². The highest BCUT2D eigenvalue weighted by atomic mass is 35.5. The van der Waals surface area contributed by atoms with Crippen molar-refractivity contribution in [2.75, 3.05) is 44.6 Å². The molecule has 1 aliphatic heterocycles. The van der Waals surface area contributed by atoms with E-state index in [1.807, 2.05) is 0 Å². The van der Waals surface area contributed by atoms with E-state index in [2.05, 4.69) is 32.5 Å². The van der Waals surface area contributed by atoms with Crippen LogP contribution in [-0.4, -0.2) is 68.1 Å². The quantitative estimate of drug-likeness (QED) is 0.299. The summed E-state index contributed by atoms with van der Waals surface area (Å²) in [6, 6.07) is 3.96. The maximum atomic E-state index is 13.2. The average Bonchev–Trinajstić information content (AvgIpc) is 3.33. The minimum atomic E-state index is -4.51. The Hall–Kier alpha value is -3.48. The molecule has 1 aromatic carbocycles. The Kier molecular flexibility index (Phi) is 8.57. The summed E-state index contributed by atoms with van der Waals surface area (Å²) in [6.45, 7) is 2.67. The molecule has 0 radical (unpaired) electrons. The van der Waals surface area contributed by atoms with Crippen molar-refractivity contribution >= 4 is 51.5 Å². The zero-order valence-corrected chi connectivity index (χ0v) is 22.3. The van der Waals surface area contributed by atoms with Gasteiger partial charge in [-0.25, -0.2) is 9.97 Å². The predicted octanol–water partition coefficient (Wildman–Crippen LogP) is 5.08.